The highest BCUT2D eigenvalue weighted by atomic mass is 16.5. The molecule has 0 amide bonds. The molecule has 3 nitrogen and oxygen atoms in total. The van der Waals surface area contributed by atoms with Crippen LogP contribution >= 0.6 is 0 Å². The minimum Gasteiger partial charge on any atom is -0.465 e. The molecule has 2 unspecified atom stereocenters. The van der Waals surface area contributed by atoms with Crippen molar-refractivity contribution in [3.63, 3.8) is 0 Å². The van der Waals surface area contributed by atoms with Crippen molar-refractivity contribution in [1.82, 2.24) is 0 Å². The molecular formula is C9H14O3. The molecule has 0 bridgehead atoms. The molecule has 0 spiro atoms. The van der Waals surface area contributed by atoms with Crippen molar-refractivity contribution in [2.45, 2.75) is 27.2 Å². The molecule has 2 atom stereocenters. The zero-order valence-corrected chi connectivity index (χ0v) is 7.72. The summed E-state index contributed by atoms with van der Waals surface area (Å²) in [4.78, 5) is 22.5. The van der Waals surface area contributed by atoms with Gasteiger partial charge in [0.1, 0.15) is 11.2 Å². The quantitative estimate of drug-likeness (QED) is 0.471. The smallest absolute Gasteiger partial charge is 0.319 e. The van der Waals surface area contributed by atoms with E-state index in [0.29, 0.717) is 13.0 Å². The molecule has 0 aromatic carbocycles. The first-order valence-corrected chi connectivity index (χ1v) is 4.24. The number of ether oxygens (including phenoxy) is 1. The summed E-state index contributed by atoms with van der Waals surface area (Å²) < 4.78 is 4.84. The molecule has 68 valence electrons. The second-order valence-electron chi connectivity index (χ2n) is 3.35. The highest BCUT2D eigenvalue weighted by Crippen LogP contribution is 2.53. The number of rotatable bonds is 3. The van der Waals surface area contributed by atoms with Crippen LogP contribution < -0.4 is 0 Å². The molecule has 0 heterocycles. The van der Waals surface area contributed by atoms with Crippen LogP contribution in [0.4, 0.5) is 0 Å². The Morgan fingerprint density at radius 2 is 2.08 bits per heavy atom. The van der Waals surface area contributed by atoms with E-state index in [1.807, 2.05) is 6.92 Å². The average molecular weight is 170 g/mol. The Labute approximate surface area is 72.1 Å². The third kappa shape index (κ3) is 1.13. The number of hydrogen-bond acceptors (Lipinski definition) is 3. The van der Waals surface area contributed by atoms with Gasteiger partial charge in [-0.15, -0.1) is 0 Å². The summed E-state index contributed by atoms with van der Waals surface area (Å²) in [7, 11) is 0. The number of Topliss-reactive ketones (excluding diaryl/α,β-unsaturated/α-hetero) is 1. The zero-order chi connectivity index (χ0) is 9.35. The second-order valence-corrected chi connectivity index (χ2v) is 3.35. The van der Waals surface area contributed by atoms with Crippen molar-refractivity contribution in [1.29, 1.82) is 0 Å². The molecule has 3 heteroatoms. The maximum Gasteiger partial charge on any atom is 0.319 e. The summed E-state index contributed by atoms with van der Waals surface area (Å²) in [6.45, 7) is 5.46. The lowest BCUT2D eigenvalue weighted by molar-refractivity contribution is -0.153. The standard InChI is InChI=1S/C9H14O3/c1-4-12-8(11)9(7(3)10)5-6(9)2/h6H,4-5H2,1-3H3. The molecule has 1 saturated carbocycles. The van der Waals surface area contributed by atoms with Gasteiger partial charge in [-0.05, 0) is 26.2 Å². The third-order valence-corrected chi connectivity index (χ3v) is 2.58. The Morgan fingerprint density at radius 3 is 2.33 bits per heavy atom. The molecule has 12 heavy (non-hydrogen) atoms. The van der Waals surface area contributed by atoms with E-state index < -0.39 is 5.41 Å². The van der Waals surface area contributed by atoms with Gasteiger partial charge in [0.2, 0.25) is 0 Å². The van der Waals surface area contributed by atoms with Crippen LogP contribution in [0.2, 0.25) is 0 Å². The first-order valence-electron chi connectivity index (χ1n) is 4.24. The van der Waals surface area contributed by atoms with Crippen LogP contribution in [0.5, 0.6) is 0 Å². The Hall–Kier alpha value is -0.860. The maximum atomic E-state index is 11.3. The van der Waals surface area contributed by atoms with Crippen molar-refractivity contribution in [3.05, 3.63) is 0 Å². The fourth-order valence-corrected chi connectivity index (χ4v) is 1.60. The van der Waals surface area contributed by atoms with Crippen molar-refractivity contribution in [2.24, 2.45) is 11.3 Å². The van der Waals surface area contributed by atoms with E-state index in [1.54, 1.807) is 6.92 Å². The minimum atomic E-state index is -0.782. The Morgan fingerprint density at radius 1 is 1.58 bits per heavy atom. The van der Waals surface area contributed by atoms with Crippen LogP contribution in [0.25, 0.3) is 0 Å². The monoisotopic (exact) mass is 170 g/mol. The first kappa shape index (κ1) is 9.23. The Bertz CT molecular complexity index is 222. The highest BCUT2D eigenvalue weighted by Gasteiger charge is 2.62. The molecule has 0 saturated heterocycles. The van der Waals surface area contributed by atoms with Gasteiger partial charge in [-0.1, -0.05) is 6.92 Å². The molecule has 0 aliphatic heterocycles. The van der Waals surface area contributed by atoms with Crippen LogP contribution in [-0.4, -0.2) is 18.4 Å². The lowest BCUT2D eigenvalue weighted by atomic mass is 10.00. The Kier molecular flexibility index (Phi) is 2.22. The average Bonchev–Trinajstić information content (AvgIpc) is 2.63. The molecule has 0 N–H and O–H groups in total. The van der Waals surface area contributed by atoms with E-state index in [0.717, 1.165) is 0 Å². The van der Waals surface area contributed by atoms with E-state index >= 15 is 0 Å². The predicted octanol–water partition coefficient (Wildman–Crippen LogP) is 1.16. The van der Waals surface area contributed by atoms with Crippen LogP contribution in [0.15, 0.2) is 0 Å². The van der Waals surface area contributed by atoms with Gasteiger partial charge in [-0.3, -0.25) is 9.59 Å². The number of ketones is 1. The lowest BCUT2D eigenvalue weighted by Crippen LogP contribution is -2.27. The van der Waals surface area contributed by atoms with Gasteiger partial charge < -0.3 is 4.74 Å². The normalized spacial score (nSPS) is 32.8. The number of carbonyl (C=O) groups excluding carboxylic acids is 2. The minimum absolute atomic E-state index is 0.0616. The van der Waals surface area contributed by atoms with Crippen molar-refractivity contribution in [2.75, 3.05) is 6.61 Å². The summed E-state index contributed by atoms with van der Waals surface area (Å²) in [6, 6.07) is 0. The molecule has 1 aliphatic rings. The molecule has 1 fully saturated rings. The third-order valence-electron chi connectivity index (χ3n) is 2.58. The predicted molar refractivity (Wildman–Crippen MR) is 43.5 cm³/mol. The van der Waals surface area contributed by atoms with Gasteiger partial charge in [0, 0.05) is 0 Å². The van der Waals surface area contributed by atoms with Gasteiger partial charge in [0.05, 0.1) is 6.61 Å². The van der Waals surface area contributed by atoms with Gasteiger partial charge in [-0.25, -0.2) is 0 Å². The van der Waals surface area contributed by atoms with Crippen molar-refractivity contribution in [3.8, 4) is 0 Å². The summed E-state index contributed by atoms with van der Waals surface area (Å²) in [6.07, 6.45) is 0.654. The number of esters is 1. The number of carbonyl (C=O) groups is 2. The fourth-order valence-electron chi connectivity index (χ4n) is 1.60. The molecular weight excluding hydrogens is 156 g/mol. The molecule has 1 aliphatic carbocycles. The second kappa shape index (κ2) is 2.88. The van der Waals surface area contributed by atoms with Gasteiger partial charge in [0.25, 0.3) is 0 Å². The molecule has 0 aromatic rings. The Balaban J connectivity index is 2.70. The van der Waals surface area contributed by atoms with E-state index in [-0.39, 0.29) is 17.7 Å². The zero-order valence-electron chi connectivity index (χ0n) is 7.72. The van der Waals surface area contributed by atoms with E-state index in [1.165, 1.54) is 6.92 Å². The molecule has 1 rings (SSSR count). The largest absolute Gasteiger partial charge is 0.465 e. The number of hydrogen-bond donors (Lipinski definition) is 0. The lowest BCUT2D eigenvalue weighted by Gasteiger charge is -2.10. The summed E-state index contributed by atoms with van der Waals surface area (Å²) in [5.74, 6) is -0.243. The first-order chi connectivity index (χ1) is 5.55. The van der Waals surface area contributed by atoms with Gasteiger partial charge in [-0.2, -0.15) is 0 Å². The topological polar surface area (TPSA) is 43.4 Å². The van der Waals surface area contributed by atoms with Gasteiger partial charge >= 0.3 is 5.97 Å². The van der Waals surface area contributed by atoms with E-state index in [9.17, 15) is 9.59 Å². The summed E-state index contributed by atoms with van der Waals surface area (Å²) in [5, 5.41) is 0. The van der Waals surface area contributed by atoms with Crippen LogP contribution in [0.3, 0.4) is 0 Å². The van der Waals surface area contributed by atoms with Gasteiger partial charge in [0.15, 0.2) is 0 Å². The van der Waals surface area contributed by atoms with E-state index in [4.69, 9.17) is 4.74 Å². The van der Waals surface area contributed by atoms with Crippen molar-refractivity contribution >= 4 is 11.8 Å². The molecule has 0 aromatic heterocycles. The summed E-state index contributed by atoms with van der Waals surface area (Å²) in [5.41, 5.74) is -0.782. The maximum absolute atomic E-state index is 11.3. The van der Waals surface area contributed by atoms with E-state index in [2.05, 4.69) is 0 Å². The van der Waals surface area contributed by atoms with Crippen LogP contribution in [0, 0.1) is 11.3 Å². The summed E-state index contributed by atoms with van der Waals surface area (Å²) >= 11 is 0. The van der Waals surface area contributed by atoms with Crippen LogP contribution in [-0.2, 0) is 14.3 Å². The van der Waals surface area contributed by atoms with Crippen molar-refractivity contribution < 1.29 is 14.3 Å². The molecule has 0 radical (unpaired) electrons. The highest BCUT2D eigenvalue weighted by molar-refractivity contribution is 6.06. The van der Waals surface area contributed by atoms with Crippen LogP contribution in [0.1, 0.15) is 27.2 Å². The SMILES string of the molecule is CCOC(=O)C1(C(C)=O)CC1C. The fraction of sp³-hybridized carbons (Fsp3) is 0.778.